The molecular weight excluding hydrogens is 403 g/mol. The third kappa shape index (κ3) is 4.69. The monoisotopic (exact) mass is 430 g/mol. The molecular formula is C26H27FN4O. The van der Waals surface area contributed by atoms with Crippen LogP contribution in [-0.2, 0) is 19.5 Å². The van der Waals surface area contributed by atoms with E-state index in [1.54, 1.807) is 30.3 Å². The van der Waals surface area contributed by atoms with Crippen molar-refractivity contribution in [2.45, 2.75) is 39.3 Å². The van der Waals surface area contributed by atoms with E-state index in [4.69, 9.17) is 4.98 Å². The van der Waals surface area contributed by atoms with E-state index < -0.39 is 0 Å². The highest BCUT2D eigenvalue weighted by Gasteiger charge is 2.17. The predicted octanol–water partition coefficient (Wildman–Crippen LogP) is 5.23. The number of carbonyl (C=O) groups excluding carboxylic acids is 1. The molecule has 5 nitrogen and oxygen atoms in total. The molecule has 4 aromatic rings. The van der Waals surface area contributed by atoms with E-state index in [-0.39, 0.29) is 11.7 Å². The number of carbonyl (C=O) groups is 1. The number of hydrogen-bond acceptors (Lipinski definition) is 3. The lowest BCUT2D eigenvalue weighted by molar-refractivity contribution is 0.0783. The number of halogens is 1. The fourth-order valence-corrected chi connectivity index (χ4v) is 3.83. The molecule has 0 aliphatic heterocycles. The van der Waals surface area contributed by atoms with Crippen LogP contribution in [0, 0.1) is 5.82 Å². The number of nitrogens with zero attached hydrogens (tertiary/aromatic N) is 4. The Hall–Kier alpha value is -3.54. The van der Waals surface area contributed by atoms with Crippen LogP contribution < -0.4 is 0 Å². The number of unbranched alkanes of at least 4 members (excludes halogenated alkanes) is 1. The number of benzene rings is 2. The van der Waals surface area contributed by atoms with Crippen LogP contribution in [0.25, 0.3) is 11.0 Å². The van der Waals surface area contributed by atoms with Crippen molar-refractivity contribution in [2.75, 3.05) is 7.05 Å². The number of pyridine rings is 1. The number of aromatic nitrogens is 3. The second-order valence-corrected chi connectivity index (χ2v) is 7.99. The summed E-state index contributed by atoms with van der Waals surface area (Å²) in [7, 11) is 1.77. The summed E-state index contributed by atoms with van der Waals surface area (Å²) in [6.07, 6.45) is 4.57. The average molecular weight is 431 g/mol. The topological polar surface area (TPSA) is 51.0 Å². The van der Waals surface area contributed by atoms with Gasteiger partial charge in [-0.1, -0.05) is 37.6 Å². The lowest BCUT2D eigenvalue weighted by Gasteiger charge is -2.17. The third-order valence-electron chi connectivity index (χ3n) is 5.59. The standard InChI is InChI=1S/C26H27FN4O/c1-3-4-12-25-29-23-14-13-19(26(32)30(2)18-21-10-7-8-15-28-21)16-24(23)31(25)17-20-9-5-6-11-22(20)27/h5-11,13-16H,3-4,12,17-18H2,1-2H3. The van der Waals surface area contributed by atoms with Gasteiger partial charge in [-0.15, -0.1) is 0 Å². The summed E-state index contributed by atoms with van der Waals surface area (Å²) < 4.78 is 16.4. The summed E-state index contributed by atoms with van der Waals surface area (Å²) >= 11 is 0. The van der Waals surface area contributed by atoms with E-state index in [1.165, 1.54) is 6.07 Å². The largest absolute Gasteiger partial charge is 0.336 e. The molecule has 0 saturated heterocycles. The summed E-state index contributed by atoms with van der Waals surface area (Å²) in [5.41, 5.74) is 3.67. The first-order valence-corrected chi connectivity index (χ1v) is 10.9. The first kappa shape index (κ1) is 21.7. The smallest absolute Gasteiger partial charge is 0.254 e. The van der Waals surface area contributed by atoms with Crippen molar-refractivity contribution in [1.29, 1.82) is 0 Å². The van der Waals surface area contributed by atoms with E-state index in [0.717, 1.165) is 41.8 Å². The molecule has 0 spiro atoms. The third-order valence-corrected chi connectivity index (χ3v) is 5.59. The minimum absolute atomic E-state index is 0.0914. The van der Waals surface area contributed by atoms with Crippen molar-refractivity contribution in [3.8, 4) is 0 Å². The zero-order chi connectivity index (χ0) is 22.5. The van der Waals surface area contributed by atoms with Gasteiger partial charge in [0, 0.05) is 30.8 Å². The molecule has 0 bridgehead atoms. The summed E-state index contributed by atoms with van der Waals surface area (Å²) in [6.45, 7) is 2.94. The van der Waals surface area contributed by atoms with Crippen molar-refractivity contribution in [3.05, 3.63) is 95.3 Å². The van der Waals surface area contributed by atoms with E-state index in [9.17, 15) is 9.18 Å². The maximum Gasteiger partial charge on any atom is 0.254 e. The normalized spacial score (nSPS) is 11.1. The number of rotatable bonds is 8. The Balaban J connectivity index is 1.68. The number of fused-ring (bicyclic) bond motifs is 1. The zero-order valence-corrected chi connectivity index (χ0v) is 18.5. The van der Waals surface area contributed by atoms with Crippen molar-refractivity contribution in [2.24, 2.45) is 0 Å². The minimum Gasteiger partial charge on any atom is -0.336 e. The van der Waals surface area contributed by atoms with Crippen molar-refractivity contribution in [3.63, 3.8) is 0 Å². The van der Waals surface area contributed by atoms with E-state index in [2.05, 4.69) is 11.9 Å². The molecule has 0 N–H and O–H groups in total. The molecule has 4 rings (SSSR count). The second-order valence-electron chi connectivity index (χ2n) is 7.99. The van der Waals surface area contributed by atoms with Gasteiger partial charge in [-0.25, -0.2) is 9.37 Å². The van der Waals surface area contributed by atoms with E-state index in [1.807, 2.05) is 47.0 Å². The van der Waals surface area contributed by atoms with Gasteiger partial charge in [-0.3, -0.25) is 9.78 Å². The first-order valence-electron chi connectivity index (χ1n) is 10.9. The van der Waals surface area contributed by atoms with Crippen LogP contribution in [0.3, 0.4) is 0 Å². The van der Waals surface area contributed by atoms with Gasteiger partial charge >= 0.3 is 0 Å². The minimum atomic E-state index is -0.238. The highest BCUT2D eigenvalue weighted by Crippen LogP contribution is 2.23. The van der Waals surface area contributed by atoms with Gasteiger partial charge in [0.1, 0.15) is 11.6 Å². The van der Waals surface area contributed by atoms with Gasteiger partial charge < -0.3 is 9.47 Å². The predicted molar refractivity (Wildman–Crippen MR) is 124 cm³/mol. The van der Waals surface area contributed by atoms with Crippen LogP contribution in [0.4, 0.5) is 4.39 Å². The number of imidazole rings is 1. The number of hydrogen-bond donors (Lipinski definition) is 0. The first-order chi connectivity index (χ1) is 15.6. The molecule has 0 unspecified atom stereocenters. The van der Waals surface area contributed by atoms with Crippen LogP contribution in [-0.4, -0.2) is 32.4 Å². The fourth-order valence-electron chi connectivity index (χ4n) is 3.83. The SMILES string of the molecule is CCCCc1nc2ccc(C(=O)N(C)Cc3ccccn3)cc2n1Cc1ccccc1F. The Labute approximate surface area is 187 Å². The van der Waals surface area contributed by atoms with Gasteiger partial charge in [0.25, 0.3) is 5.91 Å². The zero-order valence-electron chi connectivity index (χ0n) is 18.5. The Morgan fingerprint density at radius 3 is 2.66 bits per heavy atom. The molecule has 1 amide bonds. The number of amides is 1. The molecule has 0 saturated carbocycles. The Morgan fingerprint density at radius 1 is 1.09 bits per heavy atom. The molecule has 0 atom stereocenters. The Morgan fingerprint density at radius 2 is 1.91 bits per heavy atom. The highest BCUT2D eigenvalue weighted by molar-refractivity contribution is 5.97. The second kappa shape index (κ2) is 9.73. The molecule has 0 aliphatic carbocycles. The molecule has 0 fully saturated rings. The van der Waals surface area contributed by atoms with Gasteiger partial charge in [-0.05, 0) is 42.8 Å². The van der Waals surface area contributed by atoms with Crippen molar-refractivity contribution >= 4 is 16.9 Å². The van der Waals surface area contributed by atoms with E-state index >= 15 is 0 Å². The fraction of sp³-hybridized carbons (Fsp3) is 0.269. The molecule has 2 aromatic heterocycles. The quantitative estimate of drug-likeness (QED) is 0.384. The lowest BCUT2D eigenvalue weighted by atomic mass is 10.1. The van der Waals surface area contributed by atoms with Crippen molar-refractivity contribution in [1.82, 2.24) is 19.4 Å². The average Bonchev–Trinajstić information content (AvgIpc) is 3.15. The Kier molecular flexibility index (Phi) is 6.59. The van der Waals surface area contributed by atoms with Crippen LogP contribution in [0.15, 0.2) is 66.9 Å². The van der Waals surface area contributed by atoms with Crippen LogP contribution in [0.1, 0.15) is 47.2 Å². The maximum atomic E-state index is 14.4. The molecule has 2 heterocycles. The van der Waals surface area contributed by atoms with E-state index in [0.29, 0.717) is 24.2 Å². The lowest BCUT2D eigenvalue weighted by Crippen LogP contribution is -2.26. The molecule has 0 aliphatic rings. The molecule has 2 aromatic carbocycles. The number of aryl methyl sites for hydroxylation is 1. The summed E-state index contributed by atoms with van der Waals surface area (Å²) in [6, 6.07) is 18.0. The summed E-state index contributed by atoms with van der Waals surface area (Å²) in [5.74, 6) is 0.584. The molecule has 164 valence electrons. The van der Waals surface area contributed by atoms with Gasteiger partial charge in [0.05, 0.1) is 29.8 Å². The van der Waals surface area contributed by atoms with Gasteiger partial charge in [0.2, 0.25) is 0 Å². The molecule has 6 heteroatoms. The Bertz CT molecular complexity index is 1220. The van der Waals surface area contributed by atoms with Crippen LogP contribution >= 0.6 is 0 Å². The maximum absolute atomic E-state index is 14.4. The van der Waals surface area contributed by atoms with Gasteiger partial charge in [-0.2, -0.15) is 0 Å². The molecule has 32 heavy (non-hydrogen) atoms. The molecule has 0 radical (unpaired) electrons. The van der Waals surface area contributed by atoms with Crippen LogP contribution in [0.5, 0.6) is 0 Å². The summed E-state index contributed by atoms with van der Waals surface area (Å²) in [5, 5.41) is 0. The van der Waals surface area contributed by atoms with Crippen LogP contribution in [0.2, 0.25) is 0 Å². The van der Waals surface area contributed by atoms with Gasteiger partial charge in [0.15, 0.2) is 0 Å². The highest BCUT2D eigenvalue weighted by atomic mass is 19.1. The van der Waals surface area contributed by atoms with Crippen molar-refractivity contribution < 1.29 is 9.18 Å². The summed E-state index contributed by atoms with van der Waals surface area (Å²) in [4.78, 5) is 23.9.